The number of guanidine groups is 1. The van der Waals surface area contributed by atoms with Gasteiger partial charge in [-0.25, -0.2) is 4.99 Å². The standard InChI is InChI=1S/C22H28N4O.HI/c1-15(2)11-21(27)25-19-8-3-5-16(12-19)14-24-22(23)26-20-10-9-17-6-4-7-18(17)13-20;/h3,5,8-10,12-13,15H,4,6-7,11,14H2,1-2H3,(H,25,27)(H3,23,24,26);1H. The predicted molar refractivity (Wildman–Crippen MR) is 127 cm³/mol. The number of nitrogens with one attached hydrogen (secondary N) is 2. The van der Waals surface area contributed by atoms with E-state index in [-0.39, 0.29) is 29.9 Å². The first-order valence-electron chi connectivity index (χ1n) is 9.57. The Morgan fingerprint density at radius 1 is 1.07 bits per heavy atom. The van der Waals surface area contributed by atoms with Crippen molar-refractivity contribution in [1.82, 2.24) is 0 Å². The first kappa shape index (κ1) is 22.2. The fraction of sp³-hybridized carbons (Fsp3) is 0.364. The molecule has 5 nitrogen and oxygen atoms in total. The highest BCUT2D eigenvalue weighted by Gasteiger charge is 2.11. The van der Waals surface area contributed by atoms with Crippen LogP contribution in [0.3, 0.4) is 0 Å². The molecule has 0 fully saturated rings. The van der Waals surface area contributed by atoms with Crippen LogP contribution < -0.4 is 16.4 Å². The van der Waals surface area contributed by atoms with Crippen LogP contribution >= 0.6 is 24.0 Å². The van der Waals surface area contributed by atoms with Gasteiger partial charge in [0.15, 0.2) is 5.96 Å². The molecule has 0 spiro atoms. The molecule has 1 aliphatic carbocycles. The fourth-order valence-electron chi connectivity index (χ4n) is 3.34. The van der Waals surface area contributed by atoms with Gasteiger partial charge >= 0.3 is 0 Å². The zero-order chi connectivity index (χ0) is 19.2. The molecule has 28 heavy (non-hydrogen) atoms. The summed E-state index contributed by atoms with van der Waals surface area (Å²) in [6.07, 6.45) is 4.05. The van der Waals surface area contributed by atoms with Crippen molar-refractivity contribution in [2.75, 3.05) is 10.6 Å². The van der Waals surface area contributed by atoms with Crippen molar-refractivity contribution in [2.24, 2.45) is 16.6 Å². The van der Waals surface area contributed by atoms with Crippen molar-refractivity contribution in [1.29, 1.82) is 0 Å². The summed E-state index contributed by atoms with van der Waals surface area (Å²) in [7, 11) is 0. The Labute approximate surface area is 184 Å². The zero-order valence-electron chi connectivity index (χ0n) is 16.5. The Morgan fingerprint density at radius 3 is 2.61 bits per heavy atom. The number of nitrogens with two attached hydrogens (primary N) is 1. The summed E-state index contributed by atoms with van der Waals surface area (Å²) >= 11 is 0. The van der Waals surface area contributed by atoms with Crippen LogP contribution in [0.2, 0.25) is 0 Å². The normalized spacial score (nSPS) is 13.0. The van der Waals surface area contributed by atoms with Gasteiger partial charge < -0.3 is 16.4 Å². The van der Waals surface area contributed by atoms with E-state index in [9.17, 15) is 4.79 Å². The van der Waals surface area contributed by atoms with Crippen LogP contribution in [0.15, 0.2) is 47.5 Å². The number of anilines is 2. The van der Waals surface area contributed by atoms with Crippen LogP contribution in [-0.4, -0.2) is 11.9 Å². The number of carbonyl (C=O) groups is 1. The van der Waals surface area contributed by atoms with E-state index in [1.807, 2.05) is 38.1 Å². The first-order chi connectivity index (χ1) is 13.0. The third kappa shape index (κ3) is 6.51. The Balaban J connectivity index is 0.00000280. The smallest absolute Gasteiger partial charge is 0.224 e. The summed E-state index contributed by atoms with van der Waals surface area (Å²) in [6.45, 7) is 4.51. The highest BCUT2D eigenvalue weighted by molar-refractivity contribution is 14.0. The number of halogens is 1. The maximum Gasteiger partial charge on any atom is 0.224 e. The number of nitrogens with zero attached hydrogens (tertiary/aromatic N) is 1. The number of aryl methyl sites for hydroxylation is 2. The molecule has 2 aromatic rings. The van der Waals surface area contributed by atoms with Crippen LogP contribution in [0.5, 0.6) is 0 Å². The molecule has 0 saturated carbocycles. The number of hydrogen-bond donors (Lipinski definition) is 3. The third-order valence-corrected chi connectivity index (χ3v) is 4.61. The van der Waals surface area contributed by atoms with Crippen molar-refractivity contribution < 1.29 is 4.79 Å². The van der Waals surface area contributed by atoms with E-state index in [4.69, 9.17) is 5.73 Å². The average molecular weight is 492 g/mol. The summed E-state index contributed by atoms with van der Waals surface area (Å²) in [5.74, 6) is 0.758. The Kier molecular flexibility index (Phi) is 8.29. The number of hydrogen-bond acceptors (Lipinski definition) is 2. The lowest BCUT2D eigenvalue weighted by Gasteiger charge is -2.09. The van der Waals surface area contributed by atoms with Crippen LogP contribution in [0.4, 0.5) is 11.4 Å². The minimum Gasteiger partial charge on any atom is -0.370 e. The molecule has 1 amide bonds. The molecular formula is C22H29IN4O. The van der Waals surface area contributed by atoms with Gasteiger partial charge in [-0.15, -0.1) is 24.0 Å². The highest BCUT2D eigenvalue weighted by atomic mass is 127. The molecule has 4 N–H and O–H groups in total. The van der Waals surface area contributed by atoms with E-state index < -0.39 is 0 Å². The summed E-state index contributed by atoms with van der Waals surface area (Å²) in [6, 6.07) is 14.1. The van der Waals surface area contributed by atoms with Crippen molar-refractivity contribution in [3.63, 3.8) is 0 Å². The average Bonchev–Trinajstić information content (AvgIpc) is 3.07. The lowest BCUT2D eigenvalue weighted by atomic mass is 10.1. The van der Waals surface area contributed by atoms with Crippen molar-refractivity contribution >= 4 is 47.2 Å². The quantitative estimate of drug-likeness (QED) is 0.311. The molecule has 0 bridgehead atoms. The molecule has 0 unspecified atom stereocenters. The molecule has 0 aromatic heterocycles. The monoisotopic (exact) mass is 492 g/mol. The third-order valence-electron chi connectivity index (χ3n) is 4.61. The second-order valence-corrected chi connectivity index (χ2v) is 7.51. The summed E-state index contributed by atoms with van der Waals surface area (Å²) in [4.78, 5) is 16.3. The lowest BCUT2D eigenvalue weighted by Crippen LogP contribution is -2.22. The van der Waals surface area contributed by atoms with Crippen molar-refractivity contribution in [2.45, 2.75) is 46.1 Å². The molecule has 0 aliphatic heterocycles. The van der Waals surface area contributed by atoms with Crippen LogP contribution in [0.1, 0.15) is 43.4 Å². The van der Waals surface area contributed by atoms with E-state index in [0.29, 0.717) is 24.8 Å². The van der Waals surface area contributed by atoms with Crippen molar-refractivity contribution in [3.8, 4) is 0 Å². The second-order valence-electron chi connectivity index (χ2n) is 7.51. The lowest BCUT2D eigenvalue weighted by molar-refractivity contribution is -0.116. The number of rotatable bonds is 6. The van der Waals surface area contributed by atoms with Crippen LogP contribution in [-0.2, 0) is 24.2 Å². The predicted octanol–water partition coefficient (Wildman–Crippen LogP) is 4.70. The van der Waals surface area contributed by atoms with Gasteiger partial charge in [0.25, 0.3) is 0 Å². The Morgan fingerprint density at radius 2 is 1.82 bits per heavy atom. The molecule has 3 rings (SSSR count). The van der Waals surface area contributed by atoms with E-state index >= 15 is 0 Å². The van der Waals surface area contributed by atoms with Gasteiger partial charge in [0.1, 0.15) is 0 Å². The molecule has 0 atom stereocenters. The highest BCUT2D eigenvalue weighted by Crippen LogP contribution is 2.24. The Hall–Kier alpha value is -2.09. The first-order valence-corrected chi connectivity index (χ1v) is 9.57. The zero-order valence-corrected chi connectivity index (χ0v) is 18.8. The molecule has 2 aromatic carbocycles. The molecule has 0 radical (unpaired) electrons. The number of benzene rings is 2. The maximum absolute atomic E-state index is 11.9. The van der Waals surface area contributed by atoms with Crippen LogP contribution in [0.25, 0.3) is 0 Å². The maximum atomic E-state index is 11.9. The SMILES string of the molecule is CC(C)CC(=O)Nc1cccc(CN=C(N)Nc2ccc3c(c2)CCC3)c1.I. The molecule has 6 heteroatoms. The summed E-state index contributed by atoms with van der Waals surface area (Å²) in [5, 5.41) is 6.10. The second kappa shape index (κ2) is 10.5. The van der Waals surface area contributed by atoms with Gasteiger partial charge in [0, 0.05) is 17.8 Å². The number of aliphatic imine (C=N–C) groups is 1. The fourth-order valence-corrected chi connectivity index (χ4v) is 3.34. The number of amides is 1. The summed E-state index contributed by atoms with van der Waals surface area (Å²) in [5.41, 5.74) is 11.6. The van der Waals surface area contributed by atoms with E-state index in [0.717, 1.165) is 23.4 Å². The van der Waals surface area contributed by atoms with E-state index in [1.54, 1.807) is 0 Å². The van der Waals surface area contributed by atoms with Gasteiger partial charge in [0.2, 0.25) is 5.91 Å². The minimum absolute atomic E-state index is 0. The summed E-state index contributed by atoms with van der Waals surface area (Å²) < 4.78 is 0. The molecule has 150 valence electrons. The van der Waals surface area contributed by atoms with E-state index in [1.165, 1.54) is 24.0 Å². The van der Waals surface area contributed by atoms with E-state index in [2.05, 4.69) is 33.8 Å². The number of carbonyl (C=O) groups excluding carboxylic acids is 1. The van der Waals surface area contributed by atoms with Crippen molar-refractivity contribution in [3.05, 3.63) is 59.2 Å². The van der Waals surface area contributed by atoms with Gasteiger partial charge in [-0.2, -0.15) is 0 Å². The molecule has 0 heterocycles. The van der Waals surface area contributed by atoms with Gasteiger partial charge in [-0.3, -0.25) is 4.79 Å². The van der Waals surface area contributed by atoms with Gasteiger partial charge in [-0.05, 0) is 66.1 Å². The molecule has 1 aliphatic rings. The molecule has 0 saturated heterocycles. The molecular weight excluding hydrogens is 463 g/mol. The topological polar surface area (TPSA) is 79.5 Å². The minimum atomic E-state index is 0. The van der Waals surface area contributed by atoms with Gasteiger partial charge in [0.05, 0.1) is 6.54 Å². The Bertz CT molecular complexity index is 848. The number of fused-ring (bicyclic) bond motifs is 1. The van der Waals surface area contributed by atoms with Gasteiger partial charge in [-0.1, -0.05) is 32.0 Å². The van der Waals surface area contributed by atoms with Crippen LogP contribution in [0, 0.1) is 5.92 Å². The largest absolute Gasteiger partial charge is 0.370 e.